The van der Waals surface area contributed by atoms with Gasteiger partial charge in [-0.2, -0.15) is 4.39 Å². The Kier molecular flexibility index (Phi) is 2.68. The number of carbonyl (C=O) groups is 1. The summed E-state index contributed by atoms with van der Waals surface area (Å²) in [6.07, 6.45) is -0.848. The molecule has 0 amide bonds. The lowest BCUT2D eigenvalue weighted by Crippen LogP contribution is -2.10. The molecule has 0 fully saturated rings. The molecule has 0 aliphatic heterocycles. The third-order valence-corrected chi connectivity index (χ3v) is 1.08. The van der Waals surface area contributed by atoms with E-state index in [1.54, 1.807) is 6.92 Å². The van der Waals surface area contributed by atoms with E-state index in [-0.39, 0.29) is 12.5 Å². The third-order valence-electron chi connectivity index (χ3n) is 1.08. The Labute approximate surface area is 68.3 Å². The fourth-order valence-corrected chi connectivity index (χ4v) is 0.647. The van der Waals surface area contributed by atoms with E-state index in [4.69, 9.17) is 0 Å². The molecule has 0 spiro atoms. The summed E-state index contributed by atoms with van der Waals surface area (Å²) >= 11 is 0. The highest BCUT2D eigenvalue weighted by molar-refractivity contribution is 5.62. The van der Waals surface area contributed by atoms with Gasteiger partial charge in [-0.3, -0.25) is 0 Å². The predicted octanol–water partition coefficient (Wildman–Crippen LogP) is 1.69. The van der Waals surface area contributed by atoms with Crippen molar-refractivity contribution in [3.8, 4) is 5.88 Å². The SMILES string of the molecule is CCOC(=O)Oc1ccc(F)[nH]1. The fraction of sp³-hybridized carbons (Fsp3) is 0.286. The number of aromatic nitrogens is 1. The molecule has 4 nitrogen and oxygen atoms in total. The molecule has 1 rings (SSSR count). The minimum atomic E-state index is -0.848. The van der Waals surface area contributed by atoms with Gasteiger partial charge in [-0.1, -0.05) is 0 Å². The number of hydrogen-bond donors (Lipinski definition) is 1. The van der Waals surface area contributed by atoms with Crippen molar-refractivity contribution in [2.75, 3.05) is 6.61 Å². The second-order valence-corrected chi connectivity index (χ2v) is 1.96. The largest absolute Gasteiger partial charge is 0.515 e. The zero-order valence-corrected chi connectivity index (χ0v) is 6.46. The van der Waals surface area contributed by atoms with Crippen molar-refractivity contribution < 1.29 is 18.7 Å². The average Bonchev–Trinajstić information content (AvgIpc) is 2.36. The summed E-state index contributed by atoms with van der Waals surface area (Å²) < 4.78 is 21.2. The van der Waals surface area contributed by atoms with Crippen LogP contribution in [0.15, 0.2) is 12.1 Å². The van der Waals surface area contributed by atoms with Gasteiger partial charge in [0.15, 0.2) is 5.95 Å². The minimum Gasteiger partial charge on any atom is -0.434 e. The van der Waals surface area contributed by atoms with Crippen LogP contribution >= 0.6 is 0 Å². The minimum absolute atomic E-state index is 0.0333. The zero-order valence-electron chi connectivity index (χ0n) is 6.46. The van der Waals surface area contributed by atoms with E-state index < -0.39 is 12.1 Å². The summed E-state index contributed by atoms with van der Waals surface area (Å²) in [7, 11) is 0. The van der Waals surface area contributed by atoms with Crippen LogP contribution in [-0.2, 0) is 4.74 Å². The fourth-order valence-electron chi connectivity index (χ4n) is 0.647. The van der Waals surface area contributed by atoms with Gasteiger partial charge < -0.3 is 14.5 Å². The lowest BCUT2D eigenvalue weighted by atomic mass is 10.6. The van der Waals surface area contributed by atoms with Crippen LogP contribution in [0.4, 0.5) is 9.18 Å². The lowest BCUT2D eigenvalue weighted by molar-refractivity contribution is 0.103. The van der Waals surface area contributed by atoms with E-state index in [0.717, 1.165) is 6.07 Å². The van der Waals surface area contributed by atoms with Crippen molar-refractivity contribution in [2.24, 2.45) is 0 Å². The molecule has 5 heteroatoms. The summed E-state index contributed by atoms with van der Waals surface area (Å²) in [6.45, 7) is 1.87. The number of halogens is 1. The summed E-state index contributed by atoms with van der Waals surface area (Å²) in [4.78, 5) is 12.8. The van der Waals surface area contributed by atoms with Gasteiger partial charge in [0.05, 0.1) is 6.61 Å². The molecular weight excluding hydrogens is 165 g/mol. The number of carbonyl (C=O) groups excluding carboxylic acids is 1. The Bertz CT molecular complexity index is 271. The molecule has 0 radical (unpaired) electrons. The summed E-state index contributed by atoms with van der Waals surface area (Å²) in [5, 5.41) is 0. The molecule has 0 aliphatic rings. The molecule has 0 saturated carbocycles. The summed E-state index contributed by atoms with van der Waals surface area (Å²) in [6, 6.07) is 2.45. The molecule has 1 aromatic rings. The highest BCUT2D eigenvalue weighted by atomic mass is 19.1. The van der Waals surface area contributed by atoms with Crippen molar-refractivity contribution in [2.45, 2.75) is 6.92 Å². The van der Waals surface area contributed by atoms with E-state index in [0.29, 0.717) is 0 Å². The van der Waals surface area contributed by atoms with Crippen molar-refractivity contribution in [1.82, 2.24) is 4.98 Å². The highest BCUT2D eigenvalue weighted by Gasteiger charge is 2.05. The number of rotatable bonds is 2. The van der Waals surface area contributed by atoms with Gasteiger partial charge in [-0.05, 0) is 13.0 Å². The number of hydrogen-bond acceptors (Lipinski definition) is 3. The molecular formula is C7H8FNO3. The van der Waals surface area contributed by atoms with E-state index in [1.807, 2.05) is 0 Å². The normalized spacial score (nSPS) is 9.50. The van der Waals surface area contributed by atoms with Crippen LogP contribution in [0.25, 0.3) is 0 Å². The third kappa shape index (κ3) is 2.26. The highest BCUT2D eigenvalue weighted by Crippen LogP contribution is 2.08. The molecule has 66 valence electrons. The van der Waals surface area contributed by atoms with Gasteiger partial charge in [-0.15, -0.1) is 0 Å². The van der Waals surface area contributed by atoms with Gasteiger partial charge in [0.25, 0.3) is 0 Å². The maximum absolute atomic E-state index is 12.3. The van der Waals surface area contributed by atoms with Crippen LogP contribution in [0.3, 0.4) is 0 Å². The van der Waals surface area contributed by atoms with E-state index in [2.05, 4.69) is 14.5 Å². The zero-order chi connectivity index (χ0) is 8.97. The maximum atomic E-state index is 12.3. The Morgan fingerprint density at radius 2 is 2.42 bits per heavy atom. The topological polar surface area (TPSA) is 51.3 Å². The van der Waals surface area contributed by atoms with E-state index in [1.165, 1.54) is 6.07 Å². The number of nitrogens with one attached hydrogen (secondary N) is 1. The van der Waals surface area contributed by atoms with Gasteiger partial charge >= 0.3 is 6.16 Å². The molecule has 0 aromatic carbocycles. The van der Waals surface area contributed by atoms with Crippen LogP contribution in [-0.4, -0.2) is 17.7 Å². The van der Waals surface area contributed by atoms with Crippen LogP contribution < -0.4 is 4.74 Å². The Hall–Kier alpha value is -1.52. The van der Waals surface area contributed by atoms with Gasteiger partial charge in [-0.25, -0.2) is 4.79 Å². The molecule has 12 heavy (non-hydrogen) atoms. The average molecular weight is 173 g/mol. The quantitative estimate of drug-likeness (QED) is 0.692. The van der Waals surface area contributed by atoms with E-state index >= 15 is 0 Å². The number of H-pyrrole nitrogens is 1. The molecule has 0 atom stereocenters. The van der Waals surface area contributed by atoms with Crippen LogP contribution in [0.5, 0.6) is 5.88 Å². The molecule has 0 saturated heterocycles. The first-order valence-electron chi connectivity index (χ1n) is 3.41. The van der Waals surface area contributed by atoms with Crippen LogP contribution in [0, 0.1) is 5.95 Å². The Morgan fingerprint density at radius 3 is 2.92 bits per heavy atom. The first kappa shape index (κ1) is 8.58. The van der Waals surface area contributed by atoms with Crippen molar-refractivity contribution >= 4 is 6.16 Å². The summed E-state index contributed by atoms with van der Waals surface area (Å²) in [5.41, 5.74) is 0. The van der Waals surface area contributed by atoms with E-state index in [9.17, 15) is 9.18 Å². The second-order valence-electron chi connectivity index (χ2n) is 1.96. The first-order valence-corrected chi connectivity index (χ1v) is 3.41. The van der Waals surface area contributed by atoms with Gasteiger partial charge in [0, 0.05) is 6.07 Å². The van der Waals surface area contributed by atoms with Crippen LogP contribution in [0.2, 0.25) is 0 Å². The van der Waals surface area contributed by atoms with Crippen molar-refractivity contribution in [3.05, 3.63) is 18.1 Å². The van der Waals surface area contributed by atoms with Gasteiger partial charge in [0.1, 0.15) is 0 Å². The predicted molar refractivity (Wildman–Crippen MR) is 38.4 cm³/mol. The number of ether oxygens (including phenoxy) is 2. The monoisotopic (exact) mass is 173 g/mol. The molecule has 1 heterocycles. The molecule has 0 unspecified atom stereocenters. The number of aromatic amines is 1. The smallest absolute Gasteiger partial charge is 0.434 e. The Morgan fingerprint density at radius 1 is 1.67 bits per heavy atom. The van der Waals surface area contributed by atoms with Crippen molar-refractivity contribution in [3.63, 3.8) is 0 Å². The second kappa shape index (κ2) is 3.75. The molecule has 1 N–H and O–H groups in total. The molecule has 1 aromatic heterocycles. The molecule has 0 bridgehead atoms. The lowest BCUT2D eigenvalue weighted by Gasteiger charge is -1.99. The maximum Gasteiger partial charge on any atom is 0.515 e. The van der Waals surface area contributed by atoms with Crippen LogP contribution in [0.1, 0.15) is 6.92 Å². The first-order chi connectivity index (χ1) is 5.72. The standard InChI is InChI=1S/C7H8FNO3/c1-2-11-7(10)12-6-4-3-5(8)9-6/h3-4,9H,2H2,1H3. The Balaban J connectivity index is 2.46. The summed E-state index contributed by atoms with van der Waals surface area (Å²) in [5.74, 6) is -0.528. The molecule has 0 aliphatic carbocycles. The van der Waals surface area contributed by atoms with Gasteiger partial charge in [0.2, 0.25) is 5.88 Å². The van der Waals surface area contributed by atoms with Crippen molar-refractivity contribution in [1.29, 1.82) is 0 Å².